The number of fused-ring (bicyclic) bond motifs is 1. The van der Waals surface area contributed by atoms with Gasteiger partial charge in [0.1, 0.15) is 16.4 Å². The third kappa shape index (κ3) is 5.20. The van der Waals surface area contributed by atoms with Crippen LogP contribution in [0.2, 0.25) is 10.0 Å². The highest BCUT2D eigenvalue weighted by atomic mass is 35.5. The molecule has 2 heterocycles. The predicted molar refractivity (Wildman–Crippen MR) is 133 cm³/mol. The highest BCUT2D eigenvalue weighted by molar-refractivity contribution is 7.92. The molecule has 0 spiro atoms. The molecule has 0 atom stereocenters. The summed E-state index contributed by atoms with van der Waals surface area (Å²) in [7, 11) is -3.94. The molecule has 3 N–H and O–H groups in total. The highest BCUT2D eigenvalue weighted by Crippen LogP contribution is 2.31. The first-order valence-electron chi connectivity index (χ1n) is 10.9. The Balaban J connectivity index is 1.39. The summed E-state index contributed by atoms with van der Waals surface area (Å²) in [4.78, 5) is 9.02. The van der Waals surface area contributed by atoms with Gasteiger partial charge in [-0.2, -0.15) is 10.1 Å². The number of aliphatic hydroxyl groups is 1. The zero-order valence-corrected chi connectivity index (χ0v) is 20.6. The summed E-state index contributed by atoms with van der Waals surface area (Å²) in [5.41, 5.74) is 1.53. The maximum Gasteiger partial charge on any atom is 0.263 e. The Hall–Kier alpha value is -2.92. The lowest BCUT2D eigenvalue weighted by Gasteiger charge is -2.25. The van der Waals surface area contributed by atoms with Crippen LogP contribution in [-0.2, 0) is 10.0 Å². The van der Waals surface area contributed by atoms with Gasteiger partial charge in [0.05, 0.1) is 17.3 Å². The molecular weight excluding hydrogens is 513 g/mol. The molecule has 0 saturated heterocycles. The van der Waals surface area contributed by atoms with Crippen molar-refractivity contribution in [3.8, 4) is 17.3 Å². The van der Waals surface area contributed by atoms with E-state index in [1.54, 1.807) is 30.5 Å². The fraction of sp³-hybridized carbons (Fsp3) is 0.261. The summed E-state index contributed by atoms with van der Waals surface area (Å²) in [6, 6.07) is 10.9. The Morgan fingerprint density at radius 3 is 2.51 bits per heavy atom. The van der Waals surface area contributed by atoms with Gasteiger partial charge in [-0.1, -0.05) is 23.2 Å². The van der Waals surface area contributed by atoms with E-state index in [2.05, 4.69) is 24.9 Å². The monoisotopic (exact) mass is 533 g/mol. The fourth-order valence-electron chi connectivity index (χ4n) is 3.93. The molecule has 0 amide bonds. The van der Waals surface area contributed by atoms with Gasteiger partial charge in [0, 0.05) is 16.3 Å². The molecule has 4 aromatic rings. The van der Waals surface area contributed by atoms with E-state index in [1.165, 1.54) is 18.2 Å². The average molecular weight is 534 g/mol. The van der Waals surface area contributed by atoms with Crippen LogP contribution >= 0.6 is 23.2 Å². The van der Waals surface area contributed by atoms with E-state index in [4.69, 9.17) is 27.9 Å². The third-order valence-electron chi connectivity index (χ3n) is 5.77. The van der Waals surface area contributed by atoms with Gasteiger partial charge < -0.3 is 9.84 Å². The molecule has 0 radical (unpaired) electrons. The van der Waals surface area contributed by atoms with Crippen molar-refractivity contribution in [1.82, 2.24) is 20.2 Å². The standard InChI is InChI=1S/C23H21Cl2N5O4S/c24-14-3-10-19(25)20(11-14)35(32,33)30-15-4-1-13(2-5-15)21-27-22-18(12-26-29-22)23(28-21)34-17-8-6-16(31)7-9-17/h1-5,10-12,16-17,30-31H,6-9H2,(H,26,27,28,29). The molecule has 12 heteroatoms. The van der Waals surface area contributed by atoms with E-state index in [-0.39, 0.29) is 27.1 Å². The van der Waals surface area contributed by atoms with E-state index < -0.39 is 10.0 Å². The summed E-state index contributed by atoms with van der Waals surface area (Å²) in [5, 5.41) is 17.7. The first-order valence-corrected chi connectivity index (χ1v) is 13.2. The molecule has 0 bridgehead atoms. The second-order valence-electron chi connectivity index (χ2n) is 8.29. The number of hydrogen-bond donors (Lipinski definition) is 3. The smallest absolute Gasteiger partial charge is 0.263 e. The molecule has 2 aromatic carbocycles. The van der Waals surface area contributed by atoms with Crippen LogP contribution in [0.25, 0.3) is 22.4 Å². The maximum atomic E-state index is 12.8. The molecule has 1 aliphatic rings. The van der Waals surface area contributed by atoms with E-state index in [9.17, 15) is 13.5 Å². The largest absolute Gasteiger partial charge is 0.474 e. The lowest BCUT2D eigenvalue weighted by Crippen LogP contribution is -2.26. The number of halogens is 2. The summed E-state index contributed by atoms with van der Waals surface area (Å²) in [6.07, 6.45) is 4.15. The summed E-state index contributed by atoms with van der Waals surface area (Å²) in [5.74, 6) is 0.820. The molecule has 182 valence electrons. The predicted octanol–water partition coefficient (Wildman–Crippen LogP) is 4.81. The Morgan fingerprint density at radius 1 is 1.03 bits per heavy atom. The van der Waals surface area contributed by atoms with Gasteiger partial charge in [0.25, 0.3) is 10.0 Å². The molecule has 2 aromatic heterocycles. The van der Waals surface area contributed by atoms with Crippen molar-refractivity contribution in [3.63, 3.8) is 0 Å². The summed E-state index contributed by atoms with van der Waals surface area (Å²) < 4.78 is 34.2. The molecule has 9 nitrogen and oxygen atoms in total. The van der Waals surface area contributed by atoms with Crippen LogP contribution in [0, 0.1) is 0 Å². The summed E-state index contributed by atoms with van der Waals surface area (Å²) >= 11 is 12.0. The zero-order valence-electron chi connectivity index (χ0n) is 18.3. The van der Waals surface area contributed by atoms with Crippen molar-refractivity contribution in [2.75, 3.05) is 4.72 Å². The number of nitrogens with zero attached hydrogens (tertiary/aromatic N) is 3. The van der Waals surface area contributed by atoms with Gasteiger partial charge in [-0.05, 0) is 68.1 Å². The van der Waals surface area contributed by atoms with Gasteiger partial charge in [-0.25, -0.2) is 13.4 Å². The number of aromatic amines is 1. The Labute approximate surface area is 211 Å². The Bertz CT molecular complexity index is 1470. The number of aromatic nitrogens is 4. The van der Waals surface area contributed by atoms with E-state index in [0.717, 1.165) is 12.8 Å². The number of aliphatic hydroxyl groups excluding tert-OH is 1. The number of sulfonamides is 1. The lowest BCUT2D eigenvalue weighted by molar-refractivity contribution is 0.0652. The minimum atomic E-state index is -3.94. The van der Waals surface area contributed by atoms with E-state index in [0.29, 0.717) is 46.8 Å². The Morgan fingerprint density at radius 2 is 1.77 bits per heavy atom. The Kier molecular flexibility index (Phi) is 6.54. The van der Waals surface area contributed by atoms with Gasteiger partial charge in [0.2, 0.25) is 5.88 Å². The molecule has 0 aliphatic heterocycles. The van der Waals surface area contributed by atoms with Crippen molar-refractivity contribution in [3.05, 3.63) is 58.7 Å². The molecule has 1 aliphatic carbocycles. The summed E-state index contributed by atoms with van der Waals surface area (Å²) in [6.45, 7) is 0. The third-order valence-corrected chi connectivity index (χ3v) is 7.87. The van der Waals surface area contributed by atoms with Crippen LogP contribution < -0.4 is 9.46 Å². The van der Waals surface area contributed by atoms with Gasteiger partial charge >= 0.3 is 0 Å². The minimum absolute atomic E-state index is 0.0469. The number of rotatable bonds is 6. The first-order chi connectivity index (χ1) is 16.8. The average Bonchev–Trinajstić information content (AvgIpc) is 3.31. The van der Waals surface area contributed by atoms with Crippen molar-refractivity contribution in [2.24, 2.45) is 0 Å². The van der Waals surface area contributed by atoms with Crippen molar-refractivity contribution in [1.29, 1.82) is 0 Å². The number of nitrogens with one attached hydrogen (secondary N) is 2. The number of H-pyrrole nitrogens is 1. The number of ether oxygens (including phenoxy) is 1. The van der Waals surface area contributed by atoms with Gasteiger partial charge in [-0.3, -0.25) is 9.82 Å². The van der Waals surface area contributed by atoms with Crippen LogP contribution in [0.4, 0.5) is 5.69 Å². The van der Waals surface area contributed by atoms with Crippen molar-refractivity contribution < 1.29 is 18.3 Å². The van der Waals surface area contributed by atoms with Crippen LogP contribution in [0.15, 0.2) is 53.6 Å². The normalized spacial score (nSPS) is 18.5. The second-order valence-corrected chi connectivity index (χ2v) is 10.8. The second kappa shape index (κ2) is 9.62. The minimum Gasteiger partial charge on any atom is -0.474 e. The molecule has 1 saturated carbocycles. The first kappa shape index (κ1) is 23.8. The van der Waals surface area contributed by atoms with Gasteiger partial charge in [-0.15, -0.1) is 0 Å². The molecular formula is C23H21Cl2N5O4S. The van der Waals surface area contributed by atoms with Crippen LogP contribution in [0.5, 0.6) is 5.88 Å². The SMILES string of the molecule is O=S(=O)(Nc1ccc(-c2nc(OC3CCC(O)CC3)c3cn[nH]c3n2)cc1)c1cc(Cl)ccc1Cl. The van der Waals surface area contributed by atoms with Crippen LogP contribution in [0.1, 0.15) is 25.7 Å². The van der Waals surface area contributed by atoms with E-state index in [1.807, 2.05) is 0 Å². The van der Waals surface area contributed by atoms with Crippen LogP contribution in [0.3, 0.4) is 0 Å². The fourth-order valence-corrected chi connectivity index (χ4v) is 5.75. The molecule has 0 unspecified atom stereocenters. The van der Waals surface area contributed by atoms with Crippen LogP contribution in [-0.4, -0.2) is 45.9 Å². The quantitative estimate of drug-likeness (QED) is 0.324. The molecule has 35 heavy (non-hydrogen) atoms. The molecule has 5 rings (SSSR count). The lowest BCUT2D eigenvalue weighted by atomic mass is 9.95. The maximum absolute atomic E-state index is 12.8. The van der Waals surface area contributed by atoms with Crippen molar-refractivity contribution >= 4 is 49.9 Å². The number of hydrogen-bond acceptors (Lipinski definition) is 7. The zero-order chi connectivity index (χ0) is 24.6. The highest BCUT2D eigenvalue weighted by Gasteiger charge is 2.23. The van der Waals surface area contributed by atoms with Crippen molar-refractivity contribution in [2.45, 2.75) is 42.8 Å². The van der Waals surface area contributed by atoms with E-state index >= 15 is 0 Å². The number of anilines is 1. The number of benzene rings is 2. The molecule has 1 fully saturated rings. The topological polar surface area (TPSA) is 130 Å². The van der Waals surface area contributed by atoms with Gasteiger partial charge in [0.15, 0.2) is 11.5 Å².